The first-order chi connectivity index (χ1) is 15.6. The number of carbonyl (C=O) groups excluding carboxylic acids is 2. The van der Waals surface area contributed by atoms with Crippen LogP contribution < -0.4 is 5.32 Å². The third-order valence-corrected chi connectivity index (χ3v) is 6.40. The second kappa shape index (κ2) is 9.77. The number of nitrogens with zero attached hydrogens (tertiary/aromatic N) is 2. The summed E-state index contributed by atoms with van der Waals surface area (Å²) in [6.07, 6.45) is 6.02. The van der Waals surface area contributed by atoms with Gasteiger partial charge in [-0.1, -0.05) is 60.7 Å². The first kappa shape index (κ1) is 21.8. The van der Waals surface area contributed by atoms with Gasteiger partial charge in [0, 0.05) is 44.5 Å². The van der Waals surface area contributed by atoms with Crippen LogP contribution >= 0.6 is 0 Å². The lowest BCUT2D eigenvalue weighted by molar-refractivity contribution is -0.133. The lowest BCUT2D eigenvalue weighted by Gasteiger charge is -2.28. The van der Waals surface area contributed by atoms with E-state index in [2.05, 4.69) is 22.4 Å². The maximum absolute atomic E-state index is 13.1. The zero-order chi connectivity index (χ0) is 22.4. The molecule has 0 radical (unpaired) electrons. The minimum atomic E-state index is -0.629. The van der Waals surface area contributed by atoms with E-state index in [4.69, 9.17) is 0 Å². The maximum atomic E-state index is 13.1. The largest absolute Gasteiger partial charge is 0.359 e. The van der Waals surface area contributed by atoms with Crippen LogP contribution in [0, 0.1) is 5.41 Å². The van der Waals surface area contributed by atoms with Gasteiger partial charge in [-0.15, -0.1) is 0 Å². The number of amides is 2. The minimum Gasteiger partial charge on any atom is -0.359 e. The molecule has 32 heavy (non-hydrogen) atoms. The van der Waals surface area contributed by atoms with Crippen molar-refractivity contribution in [1.29, 1.82) is 0 Å². The van der Waals surface area contributed by atoms with Gasteiger partial charge in [0.1, 0.15) is 0 Å². The summed E-state index contributed by atoms with van der Waals surface area (Å²) in [5.74, 6) is 0.108. The van der Waals surface area contributed by atoms with E-state index >= 15 is 0 Å². The fourth-order valence-corrected chi connectivity index (χ4v) is 4.66. The molecule has 1 aliphatic rings. The summed E-state index contributed by atoms with van der Waals surface area (Å²) in [6, 6.07) is 22.2. The molecule has 1 fully saturated rings. The van der Waals surface area contributed by atoms with Gasteiger partial charge >= 0.3 is 0 Å². The summed E-state index contributed by atoms with van der Waals surface area (Å²) >= 11 is 0. The van der Waals surface area contributed by atoms with Crippen LogP contribution in [0.5, 0.6) is 0 Å². The van der Waals surface area contributed by atoms with E-state index in [1.807, 2.05) is 65.7 Å². The van der Waals surface area contributed by atoms with Crippen LogP contribution in [0.2, 0.25) is 0 Å². The first-order valence-corrected chi connectivity index (χ1v) is 11.1. The Kier molecular flexibility index (Phi) is 6.64. The van der Waals surface area contributed by atoms with Gasteiger partial charge in [-0.3, -0.25) is 14.6 Å². The lowest BCUT2D eigenvalue weighted by atomic mass is 9.78. The first-order valence-electron chi connectivity index (χ1n) is 11.1. The number of aryl methyl sites for hydroxylation is 1. The summed E-state index contributed by atoms with van der Waals surface area (Å²) in [7, 11) is 1.68. The normalized spacial score (nSPS) is 17.8. The second-order valence-corrected chi connectivity index (χ2v) is 8.49. The average Bonchev–Trinajstić information content (AvgIpc) is 3.29. The highest BCUT2D eigenvalue weighted by molar-refractivity contribution is 5.86. The number of hydrogen-bond donors (Lipinski definition) is 1. The molecule has 1 aromatic heterocycles. The summed E-state index contributed by atoms with van der Waals surface area (Å²) in [4.78, 5) is 32.1. The van der Waals surface area contributed by atoms with Crippen LogP contribution in [0.1, 0.15) is 24.0 Å². The molecule has 1 aliphatic heterocycles. The van der Waals surface area contributed by atoms with Crippen LogP contribution in [-0.4, -0.2) is 41.8 Å². The SMILES string of the molecule is CNC(=O)C1(Cc2ccccc2-c2cccnc2)CCN(C(=O)CCc2ccccc2)C1. The number of benzene rings is 2. The molecule has 2 heterocycles. The second-order valence-electron chi connectivity index (χ2n) is 8.49. The van der Waals surface area contributed by atoms with Gasteiger partial charge in [-0.05, 0) is 42.0 Å². The molecule has 3 aromatic rings. The van der Waals surface area contributed by atoms with Crippen LogP contribution in [0.3, 0.4) is 0 Å². The topological polar surface area (TPSA) is 62.3 Å². The van der Waals surface area contributed by atoms with Gasteiger partial charge in [0.05, 0.1) is 5.41 Å². The van der Waals surface area contributed by atoms with Gasteiger partial charge in [-0.25, -0.2) is 0 Å². The van der Waals surface area contributed by atoms with Crippen molar-refractivity contribution in [3.8, 4) is 11.1 Å². The van der Waals surface area contributed by atoms with E-state index in [9.17, 15) is 9.59 Å². The molecule has 0 saturated carbocycles. The third kappa shape index (κ3) is 4.72. The number of carbonyl (C=O) groups is 2. The number of rotatable bonds is 7. The zero-order valence-corrected chi connectivity index (χ0v) is 18.5. The lowest BCUT2D eigenvalue weighted by Crippen LogP contribution is -2.44. The van der Waals surface area contributed by atoms with Crippen LogP contribution in [0.4, 0.5) is 0 Å². The molecule has 164 valence electrons. The summed E-state index contributed by atoms with van der Waals surface area (Å²) < 4.78 is 0. The van der Waals surface area contributed by atoms with Gasteiger partial charge in [0.2, 0.25) is 11.8 Å². The Morgan fingerprint density at radius 2 is 1.81 bits per heavy atom. The zero-order valence-electron chi connectivity index (χ0n) is 18.5. The fourth-order valence-electron chi connectivity index (χ4n) is 4.66. The Labute approximate surface area is 189 Å². The summed E-state index contributed by atoms with van der Waals surface area (Å²) in [6.45, 7) is 1.05. The minimum absolute atomic E-state index is 0.00292. The molecule has 5 heteroatoms. The van der Waals surface area contributed by atoms with Crippen LogP contribution in [-0.2, 0) is 22.4 Å². The molecular weight excluding hydrogens is 398 g/mol. The van der Waals surface area contributed by atoms with Gasteiger partial charge in [0.25, 0.3) is 0 Å². The number of nitrogens with one attached hydrogen (secondary N) is 1. The van der Waals surface area contributed by atoms with Crippen LogP contribution in [0.15, 0.2) is 79.1 Å². The number of likely N-dealkylation sites (tertiary alicyclic amines) is 1. The van der Waals surface area contributed by atoms with E-state index in [1.165, 1.54) is 0 Å². The van der Waals surface area contributed by atoms with E-state index in [1.54, 1.807) is 13.2 Å². The number of pyridine rings is 1. The summed E-state index contributed by atoms with van der Waals surface area (Å²) in [5.41, 5.74) is 3.74. The number of hydrogen-bond acceptors (Lipinski definition) is 3. The molecule has 0 spiro atoms. The number of aromatic nitrogens is 1. The van der Waals surface area contributed by atoms with E-state index in [0.29, 0.717) is 38.8 Å². The molecule has 5 nitrogen and oxygen atoms in total. The van der Waals surface area contributed by atoms with Crippen molar-refractivity contribution < 1.29 is 9.59 Å². The standard InChI is InChI=1S/C27H29N3O2/c1-28-26(32)27(18-22-10-5-6-12-24(22)23-11-7-16-29-19-23)15-17-30(20-27)25(31)14-13-21-8-3-2-4-9-21/h2-12,16,19H,13-15,17-18,20H2,1H3,(H,28,32). The van der Waals surface area contributed by atoms with E-state index in [-0.39, 0.29) is 11.8 Å². The quantitative estimate of drug-likeness (QED) is 0.622. The Balaban J connectivity index is 1.52. The fraction of sp³-hybridized carbons (Fsp3) is 0.296. The molecule has 1 atom stereocenters. The Morgan fingerprint density at radius 3 is 2.56 bits per heavy atom. The van der Waals surface area contributed by atoms with Gasteiger partial charge < -0.3 is 10.2 Å². The molecule has 4 rings (SSSR count). The monoisotopic (exact) mass is 427 g/mol. The van der Waals surface area contributed by atoms with E-state index in [0.717, 1.165) is 22.3 Å². The molecule has 1 unspecified atom stereocenters. The molecule has 1 saturated heterocycles. The smallest absolute Gasteiger partial charge is 0.228 e. The highest BCUT2D eigenvalue weighted by atomic mass is 16.2. The van der Waals surface area contributed by atoms with Crippen molar-refractivity contribution in [2.75, 3.05) is 20.1 Å². The predicted molar refractivity (Wildman–Crippen MR) is 126 cm³/mol. The average molecular weight is 428 g/mol. The highest BCUT2D eigenvalue weighted by Crippen LogP contribution is 2.37. The molecule has 1 N–H and O–H groups in total. The summed E-state index contributed by atoms with van der Waals surface area (Å²) in [5, 5.41) is 2.86. The van der Waals surface area contributed by atoms with Crippen molar-refractivity contribution in [2.24, 2.45) is 5.41 Å². The maximum Gasteiger partial charge on any atom is 0.228 e. The Bertz CT molecular complexity index is 1070. The molecule has 2 aromatic carbocycles. The molecule has 0 aliphatic carbocycles. The van der Waals surface area contributed by atoms with Gasteiger partial charge in [0.15, 0.2) is 0 Å². The van der Waals surface area contributed by atoms with Crippen molar-refractivity contribution in [3.63, 3.8) is 0 Å². The Hall–Kier alpha value is -3.47. The van der Waals surface area contributed by atoms with Crippen LogP contribution in [0.25, 0.3) is 11.1 Å². The molecule has 2 amide bonds. The predicted octanol–water partition coefficient (Wildman–Crippen LogP) is 3.89. The highest BCUT2D eigenvalue weighted by Gasteiger charge is 2.45. The third-order valence-electron chi connectivity index (χ3n) is 6.40. The molecular formula is C27H29N3O2. The van der Waals surface area contributed by atoms with Crippen molar-refractivity contribution >= 4 is 11.8 Å². The van der Waals surface area contributed by atoms with Crippen molar-refractivity contribution in [1.82, 2.24) is 15.2 Å². The van der Waals surface area contributed by atoms with E-state index < -0.39 is 5.41 Å². The molecule has 0 bridgehead atoms. The van der Waals surface area contributed by atoms with Crippen molar-refractivity contribution in [2.45, 2.75) is 25.7 Å². The van der Waals surface area contributed by atoms with Gasteiger partial charge in [-0.2, -0.15) is 0 Å². The van der Waals surface area contributed by atoms with Crippen molar-refractivity contribution in [3.05, 3.63) is 90.3 Å². The Morgan fingerprint density at radius 1 is 1.03 bits per heavy atom.